The zero-order chi connectivity index (χ0) is 19.8. The number of carbonyl (C=O) groups is 1. The van der Waals surface area contributed by atoms with Gasteiger partial charge < -0.3 is 10.1 Å². The minimum absolute atomic E-state index is 0.399. The summed E-state index contributed by atoms with van der Waals surface area (Å²) in [7, 11) is 0. The normalized spacial score (nSPS) is 10.6. The van der Waals surface area contributed by atoms with Gasteiger partial charge in [-0.25, -0.2) is 10.2 Å². The average Bonchev–Trinajstić information content (AvgIpc) is 2.70. The predicted octanol–water partition coefficient (Wildman–Crippen LogP) is 5.04. The highest BCUT2D eigenvalue weighted by atomic mass is 16.5. The van der Waals surface area contributed by atoms with Crippen molar-refractivity contribution < 1.29 is 9.53 Å². The Morgan fingerprint density at radius 2 is 1.68 bits per heavy atom. The second-order valence-electron chi connectivity index (χ2n) is 6.45. The smallest absolute Gasteiger partial charge is 0.339 e. The van der Waals surface area contributed by atoms with Gasteiger partial charge in [0.15, 0.2) is 0 Å². The van der Waals surface area contributed by atoms with Gasteiger partial charge in [-0.05, 0) is 43.2 Å². The van der Waals surface area contributed by atoms with Crippen molar-refractivity contribution >= 4 is 17.9 Å². The molecule has 0 aliphatic rings. The van der Waals surface area contributed by atoms with Crippen LogP contribution in [-0.4, -0.2) is 12.2 Å². The van der Waals surface area contributed by atoms with E-state index >= 15 is 0 Å². The molecule has 0 aliphatic heterocycles. The molecule has 0 saturated carbocycles. The molecule has 28 heavy (non-hydrogen) atoms. The number of rotatable bonds is 6. The van der Waals surface area contributed by atoms with Gasteiger partial charge in [0.1, 0.15) is 12.4 Å². The van der Waals surface area contributed by atoms with Crippen molar-refractivity contribution in [2.45, 2.75) is 20.5 Å². The lowest BCUT2D eigenvalue weighted by molar-refractivity contribution is 0.252. The Balaban J connectivity index is 1.58. The first kappa shape index (κ1) is 19.2. The lowest BCUT2D eigenvalue weighted by atomic mass is 10.1. The number of benzene rings is 3. The molecule has 3 aromatic rings. The average molecular weight is 373 g/mol. The summed E-state index contributed by atoms with van der Waals surface area (Å²) in [6.45, 7) is 4.45. The van der Waals surface area contributed by atoms with Gasteiger partial charge in [-0.1, -0.05) is 60.2 Å². The fraction of sp³-hybridized carbons (Fsp3) is 0.130. The van der Waals surface area contributed by atoms with E-state index in [0.717, 1.165) is 22.4 Å². The van der Waals surface area contributed by atoms with Crippen LogP contribution in [0.4, 0.5) is 10.5 Å². The summed E-state index contributed by atoms with van der Waals surface area (Å²) in [5.74, 6) is 0.702. The highest BCUT2D eigenvalue weighted by Gasteiger charge is 2.04. The molecule has 5 heteroatoms. The largest absolute Gasteiger partial charge is 0.488 e. The van der Waals surface area contributed by atoms with Crippen LogP contribution in [0.1, 0.15) is 22.3 Å². The van der Waals surface area contributed by atoms with E-state index in [0.29, 0.717) is 12.4 Å². The van der Waals surface area contributed by atoms with Crippen LogP contribution >= 0.6 is 0 Å². The van der Waals surface area contributed by atoms with Crippen LogP contribution < -0.4 is 15.5 Å². The summed E-state index contributed by atoms with van der Waals surface area (Å²) >= 11 is 0. The maximum Gasteiger partial charge on any atom is 0.339 e. The molecule has 0 spiro atoms. The molecule has 0 aromatic heterocycles. The number of amides is 2. The number of hydrogen-bond donors (Lipinski definition) is 2. The first-order chi connectivity index (χ1) is 13.6. The summed E-state index contributed by atoms with van der Waals surface area (Å²) in [6.07, 6.45) is 1.57. The number of carbonyl (C=O) groups excluding carboxylic acids is 1. The Kier molecular flexibility index (Phi) is 6.41. The second-order valence-corrected chi connectivity index (χ2v) is 6.45. The quantitative estimate of drug-likeness (QED) is 0.470. The van der Waals surface area contributed by atoms with Crippen molar-refractivity contribution in [3.05, 3.63) is 95.1 Å². The summed E-state index contributed by atoms with van der Waals surface area (Å²) in [5, 5.41) is 6.79. The number of hydrogen-bond acceptors (Lipinski definition) is 3. The summed E-state index contributed by atoms with van der Waals surface area (Å²) < 4.78 is 5.91. The standard InChI is InChI=1S/C23H23N3O2/c1-17-11-13-19(14-12-17)16-28-22-10-6-4-8-20(22)15-24-26-23(27)25-21-9-5-3-7-18(21)2/h3-15H,16H2,1-2H3,(H2,25,26,27)/b24-15-. The zero-order valence-electron chi connectivity index (χ0n) is 16.0. The Hall–Kier alpha value is -3.60. The van der Waals surface area contributed by atoms with Gasteiger partial charge in [0.2, 0.25) is 0 Å². The molecule has 0 heterocycles. The summed E-state index contributed by atoms with van der Waals surface area (Å²) in [5.41, 5.74) is 7.30. The molecular weight excluding hydrogens is 350 g/mol. The van der Waals surface area contributed by atoms with Crippen LogP contribution in [0.5, 0.6) is 5.75 Å². The number of urea groups is 1. The van der Waals surface area contributed by atoms with Gasteiger partial charge in [0.25, 0.3) is 0 Å². The van der Waals surface area contributed by atoms with Crippen molar-refractivity contribution in [3.8, 4) is 5.75 Å². The van der Waals surface area contributed by atoms with Crippen LogP contribution in [0.3, 0.4) is 0 Å². The molecule has 142 valence electrons. The summed E-state index contributed by atoms with van der Waals surface area (Å²) in [6, 6.07) is 22.9. The van der Waals surface area contributed by atoms with Crippen LogP contribution in [0.15, 0.2) is 77.9 Å². The van der Waals surface area contributed by atoms with E-state index in [1.165, 1.54) is 5.56 Å². The molecule has 5 nitrogen and oxygen atoms in total. The second kappa shape index (κ2) is 9.37. The van der Waals surface area contributed by atoms with Gasteiger partial charge in [-0.2, -0.15) is 5.10 Å². The molecule has 0 fully saturated rings. The van der Waals surface area contributed by atoms with Crippen molar-refractivity contribution in [1.29, 1.82) is 0 Å². The first-order valence-electron chi connectivity index (χ1n) is 9.05. The highest BCUT2D eigenvalue weighted by Crippen LogP contribution is 2.18. The maximum absolute atomic E-state index is 12.0. The van der Waals surface area contributed by atoms with Crippen molar-refractivity contribution in [2.75, 3.05) is 5.32 Å². The van der Waals surface area contributed by atoms with Crippen LogP contribution in [0.25, 0.3) is 0 Å². The zero-order valence-corrected chi connectivity index (χ0v) is 16.0. The molecule has 2 amide bonds. The first-order valence-corrected chi connectivity index (χ1v) is 9.05. The van der Waals surface area contributed by atoms with Gasteiger partial charge in [0, 0.05) is 11.3 Å². The third kappa shape index (κ3) is 5.45. The number of hydrazone groups is 1. The maximum atomic E-state index is 12.0. The van der Waals surface area contributed by atoms with E-state index in [-0.39, 0.29) is 0 Å². The van der Waals surface area contributed by atoms with Gasteiger partial charge in [-0.15, -0.1) is 0 Å². The number of aryl methyl sites for hydroxylation is 2. The van der Waals surface area contributed by atoms with E-state index in [2.05, 4.69) is 34.9 Å². The number of anilines is 1. The van der Waals surface area contributed by atoms with Crippen LogP contribution in [-0.2, 0) is 6.61 Å². The van der Waals surface area contributed by atoms with Gasteiger partial charge >= 0.3 is 6.03 Å². The molecule has 2 N–H and O–H groups in total. The van der Waals surface area contributed by atoms with E-state index in [1.54, 1.807) is 6.21 Å². The third-order valence-corrected chi connectivity index (χ3v) is 4.20. The molecule has 0 radical (unpaired) electrons. The molecular formula is C23H23N3O2. The Labute approximate surface area is 165 Å². The third-order valence-electron chi connectivity index (χ3n) is 4.20. The summed E-state index contributed by atoms with van der Waals surface area (Å²) in [4.78, 5) is 12.0. The Bertz CT molecular complexity index is 966. The number of ether oxygens (including phenoxy) is 1. The molecule has 0 atom stereocenters. The molecule has 3 rings (SSSR count). The molecule has 0 aliphatic carbocycles. The minimum Gasteiger partial charge on any atom is -0.488 e. The van der Waals surface area contributed by atoms with Gasteiger partial charge in [-0.3, -0.25) is 0 Å². The van der Waals surface area contributed by atoms with E-state index in [9.17, 15) is 4.79 Å². The van der Waals surface area contributed by atoms with Crippen molar-refractivity contribution in [1.82, 2.24) is 5.43 Å². The number of para-hydroxylation sites is 2. The van der Waals surface area contributed by atoms with Gasteiger partial charge in [0.05, 0.1) is 6.21 Å². The van der Waals surface area contributed by atoms with Crippen LogP contribution in [0.2, 0.25) is 0 Å². The fourth-order valence-electron chi connectivity index (χ4n) is 2.59. The topological polar surface area (TPSA) is 62.7 Å². The van der Waals surface area contributed by atoms with E-state index in [1.807, 2.05) is 67.6 Å². The highest BCUT2D eigenvalue weighted by molar-refractivity contribution is 5.91. The monoisotopic (exact) mass is 373 g/mol. The SMILES string of the molecule is Cc1ccc(COc2ccccc2/C=N\NC(=O)Nc2ccccc2C)cc1. The lowest BCUT2D eigenvalue weighted by Crippen LogP contribution is -2.24. The Morgan fingerprint density at radius 3 is 2.46 bits per heavy atom. The van der Waals surface area contributed by atoms with E-state index < -0.39 is 6.03 Å². The molecule has 3 aromatic carbocycles. The van der Waals surface area contributed by atoms with Crippen molar-refractivity contribution in [2.24, 2.45) is 5.10 Å². The van der Waals surface area contributed by atoms with Crippen LogP contribution in [0, 0.1) is 13.8 Å². The minimum atomic E-state index is -0.399. The molecule has 0 saturated heterocycles. The number of nitrogens with one attached hydrogen (secondary N) is 2. The molecule has 0 unspecified atom stereocenters. The fourth-order valence-corrected chi connectivity index (χ4v) is 2.59. The number of nitrogens with zero attached hydrogens (tertiary/aromatic N) is 1. The molecule has 0 bridgehead atoms. The van der Waals surface area contributed by atoms with E-state index in [4.69, 9.17) is 4.74 Å². The predicted molar refractivity (Wildman–Crippen MR) is 113 cm³/mol. The Morgan fingerprint density at radius 1 is 0.964 bits per heavy atom. The van der Waals surface area contributed by atoms with Crippen molar-refractivity contribution in [3.63, 3.8) is 0 Å². The lowest BCUT2D eigenvalue weighted by Gasteiger charge is -2.09.